The molecule has 0 saturated carbocycles. The maximum atomic E-state index is 11.3. The minimum atomic E-state index is -0.987. The van der Waals surface area contributed by atoms with E-state index in [9.17, 15) is 9.90 Å². The van der Waals surface area contributed by atoms with Gasteiger partial charge in [0, 0.05) is 17.1 Å². The van der Waals surface area contributed by atoms with Gasteiger partial charge in [-0.25, -0.2) is 9.47 Å². The van der Waals surface area contributed by atoms with E-state index in [1.54, 1.807) is 12.1 Å². The van der Waals surface area contributed by atoms with Gasteiger partial charge in [-0.05, 0) is 13.0 Å². The number of hydrogen-bond acceptors (Lipinski definition) is 2. The lowest BCUT2D eigenvalue weighted by molar-refractivity contribution is 0.0699. The van der Waals surface area contributed by atoms with Crippen LogP contribution in [0.2, 0.25) is 0 Å². The molecule has 0 amide bonds. The monoisotopic (exact) mass is 293 g/mol. The van der Waals surface area contributed by atoms with E-state index >= 15 is 0 Å². The lowest BCUT2D eigenvalue weighted by Crippen LogP contribution is -2.15. The summed E-state index contributed by atoms with van der Waals surface area (Å²) in [6.45, 7) is 2.00. The summed E-state index contributed by atoms with van der Waals surface area (Å²) in [4.78, 5) is 11.3. The van der Waals surface area contributed by atoms with Gasteiger partial charge in [0.25, 0.3) is 0 Å². The fourth-order valence-electron chi connectivity index (χ4n) is 2.31. The van der Waals surface area contributed by atoms with Gasteiger partial charge in [0.1, 0.15) is 0 Å². The minimum absolute atomic E-state index is 0.205. The smallest absolute Gasteiger partial charge is 0.337 e. The van der Waals surface area contributed by atoms with Crippen LogP contribution in [0.4, 0.5) is 0 Å². The quantitative estimate of drug-likeness (QED) is 0.575. The Labute approximate surface area is 127 Å². The average Bonchev–Trinajstić information content (AvgIpc) is 2.87. The number of rotatable bonds is 3. The van der Waals surface area contributed by atoms with Gasteiger partial charge in [-0.1, -0.05) is 48.0 Å². The van der Waals surface area contributed by atoms with Crippen molar-refractivity contribution in [1.29, 1.82) is 0 Å². The van der Waals surface area contributed by atoms with E-state index in [-0.39, 0.29) is 5.56 Å². The molecule has 3 aromatic rings. The summed E-state index contributed by atoms with van der Waals surface area (Å²) in [5.41, 5.74) is 8.87. The third-order valence-corrected chi connectivity index (χ3v) is 3.49. The molecule has 0 radical (unpaired) electrons. The molecular weight excluding hydrogens is 278 g/mol. The molecule has 22 heavy (non-hydrogen) atoms. The molecule has 0 saturated heterocycles. The van der Waals surface area contributed by atoms with Crippen LogP contribution < -0.4 is 5.73 Å². The maximum Gasteiger partial charge on any atom is 0.337 e. The molecule has 1 heterocycles. The number of aromatic carboxylic acids is 1. The first-order chi connectivity index (χ1) is 10.6. The van der Waals surface area contributed by atoms with E-state index in [0.29, 0.717) is 16.7 Å². The van der Waals surface area contributed by atoms with Crippen LogP contribution in [0.3, 0.4) is 0 Å². The molecule has 5 nitrogen and oxygen atoms in total. The number of carboxylic acid groups (broad SMARTS) is 1. The Kier molecular flexibility index (Phi) is 3.39. The average molecular weight is 293 g/mol. The first-order valence-electron chi connectivity index (χ1n) is 6.81. The van der Waals surface area contributed by atoms with Crippen molar-refractivity contribution in [3.8, 4) is 0 Å². The van der Waals surface area contributed by atoms with Crippen molar-refractivity contribution in [1.82, 2.24) is 4.68 Å². The van der Waals surface area contributed by atoms with Crippen LogP contribution in [0, 0.1) is 6.92 Å². The van der Waals surface area contributed by atoms with Crippen LogP contribution in [0.15, 0.2) is 59.8 Å². The second kappa shape index (κ2) is 5.37. The molecule has 0 aliphatic rings. The lowest BCUT2D eigenvalue weighted by atomic mass is 10.1. The van der Waals surface area contributed by atoms with E-state index in [0.717, 1.165) is 11.1 Å². The Morgan fingerprint density at radius 3 is 2.50 bits per heavy atom. The molecule has 1 aromatic heterocycles. The zero-order valence-electron chi connectivity index (χ0n) is 12.0. The standard InChI is InChI=1S/C17H15N3O2/c1-11-6-8-12(9-7-11)16(18)19-20-10-14(17(21)22)13-4-2-3-5-15(13)20/h2-10H,1H3,(H2,18,19)(H,21,22). The summed E-state index contributed by atoms with van der Waals surface area (Å²) >= 11 is 0. The number of aryl methyl sites for hydroxylation is 1. The number of nitrogens with zero attached hydrogens (tertiary/aromatic N) is 2. The summed E-state index contributed by atoms with van der Waals surface area (Å²) in [7, 11) is 0. The third-order valence-electron chi connectivity index (χ3n) is 3.49. The molecule has 110 valence electrons. The number of hydrogen-bond donors (Lipinski definition) is 2. The zero-order valence-corrected chi connectivity index (χ0v) is 12.0. The predicted octanol–water partition coefficient (Wildman–Crippen LogP) is 2.82. The number of amidine groups is 1. The molecular formula is C17H15N3O2. The Morgan fingerprint density at radius 2 is 1.82 bits per heavy atom. The minimum Gasteiger partial charge on any atom is -0.478 e. The zero-order chi connectivity index (χ0) is 15.7. The summed E-state index contributed by atoms with van der Waals surface area (Å²) in [6.07, 6.45) is 1.48. The lowest BCUT2D eigenvalue weighted by Gasteiger charge is -2.03. The van der Waals surface area contributed by atoms with Gasteiger partial charge >= 0.3 is 5.97 Å². The van der Waals surface area contributed by atoms with Crippen LogP contribution in [0.1, 0.15) is 21.5 Å². The molecule has 0 spiro atoms. The van der Waals surface area contributed by atoms with Crippen molar-refractivity contribution < 1.29 is 9.90 Å². The number of carbonyl (C=O) groups is 1. The number of para-hydroxylation sites is 1. The molecule has 2 aromatic carbocycles. The number of benzene rings is 2. The SMILES string of the molecule is Cc1ccc(/C(N)=N/n2cc(C(=O)O)c3ccccc32)cc1. The van der Waals surface area contributed by atoms with Crippen molar-refractivity contribution in [2.24, 2.45) is 10.8 Å². The van der Waals surface area contributed by atoms with Gasteiger partial charge in [0.05, 0.1) is 11.1 Å². The molecule has 5 heteroatoms. The highest BCUT2D eigenvalue weighted by atomic mass is 16.4. The Balaban J connectivity index is 2.12. The van der Waals surface area contributed by atoms with Crippen LogP contribution in [0.5, 0.6) is 0 Å². The highest BCUT2D eigenvalue weighted by Crippen LogP contribution is 2.21. The van der Waals surface area contributed by atoms with Gasteiger partial charge in [-0.2, -0.15) is 5.10 Å². The van der Waals surface area contributed by atoms with E-state index in [1.807, 2.05) is 43.3 Å². The molecule has 3 N–H and O–H groups in total. The number of carboxylic acids is 1. The predicted molar refractivity (Wildman–Crippen MR) is 86.2 cm³/mol. The first kappa shape index (κ1) is 13.9. The second-order valence-electron chi connectivity index (χ2n) is 5.06. The van der Waals surface area contributed by atoms with Crippen LogP contribution >= 0.6 is 0 Å². The fourth-order valence-corrected chi connectivity index (χ4v) is 2.31. The summed E-state index contributed by atoms with van der Waals surface area (Å²) in [6, 6.07) is 14.9. The van der Waals surface area contributed by atoms with E-state index < -0.39 is 5.97 Å². The fraction of sp³-hybridized carbons (Fsp3) is 0.0588. The first-order valence-corrected chi connectivity index (χ1v) is 6.81. The number of fused-ring (bicyclic) bond motifs is 1. The van der Waals surface area contributed by atoms with E-state index in [2.05, 4.69) is 5.10 Å². The van der Waals surface area contributed by atoms with Crippen LogP contribution in [-0.4, -0.2) is 21.6 Å². The van der Waals surface area contributed by atoms with Gasteiger partial charge < -0.3 is 10.8 Å². The highest BCUT2D eigenvalue weighted by molar-refractivity contribution is 6.04. The maximum absolute atomic E-state index is 11.3. The summed E-state index contributed by atoms with van der Waals surface area (Å²) in [5, 5.41) is 14.3. The highest BCUT2D eigenvalue weighted by Gasteiger charge is 2.13. The topological polar surface area (TPSA) is 80.6 Å². The Hall–Kier alpha value is -3.08. The summed E-state index contributed by atoms with van der Waals surface area (Å²) in [5.74, 6) is -0.656. The van der Waals surface area contributed by atoms with Crippen molar-refractivity contribution in [3.05, 3.63) is 71.4 Å². The molecule has 0 atom stereocenters. The van der Waals surface area contributed by atoms with Crippen molar-refractivity contribution in [2.45, 2.75) is 6.92 Å². The Bertz CT molecular complexity index is 877. The van der Waals surface area contributed by atoms with Gasteiger partial charge in [-0.15, -0.1) is 0 Å². The number of aromatic nitrogens is 1. The van der Waals surface area contributed by atoms with Crippen molar-refractivity contribution in [2.75, 3.05) is 0 Å². The normalized spacial score (nSPS) is 11.8. The molecule has 0 fully saturated rings. The molecule has 0 aliphatic carbocycles. The van der Waals surface area contributed by atoms with Crippen LogP contribution in [0.25, 0.3) is 10.9 Å². The third kappa shape index (κ3) is 2.44. The van der Waals surface area contributed by atoms with E-state index in [4.69, 9.17) is 5.73 Å². The van der Waals surface area contributed by atoms with Crippen molar-refractivity contribution in [3.63, 3.8) is 0 Å². The van der Waals surface area contributed by atoms with Gasteiger partial charge in [0.2, 0.25) is 0 Å². The summed E-state index contributed by atoms with van der Waals surface area (Å²) < 4.78 is 1.51. The largest absolute Gasteiger partial charge is 0.478 e. The molecule has 3 rings (SSSR count). The van der Waals surface area contributed by atoms with E-state index in [1.165, 1.54) is 10.9 Å². The van der Waals surface area contributed by atoms with Gasteiger partial charge in [0.15, 0.2) is 5.84 Å². The molecule has 0 bridgehead atoms. The van der Waals surface area contributed by atoms with Crippen LogP contribution in [-0.2, 0) is 0 Å². The van der Waals surface area contributed by atoms with Gasteiger partial charge in [-0.3, -0.25) is 0 Å². The molecule has 0 aliphatic heterocycles. The van der Waals surface area contributed by atoms with Crippen molar-refractivity contribution >= 4 is 22.7 Å². The Morgan fingerprint density at radius 1 is 1.14 bits per heavy atom. The molecule has 0 unspecified atom stereocenters. The number of nitrogens with two attached hydrogens (primary N) is 1. The second-order valence-corrected chi connectivity index (χ2v) is 5.06.